The van der Waals surface area contributed by atoms with Gasteiger partial charge in [0, 0.05) is 23.8 Å². The van der Waals surface area contributed by atoms with Gasteiger partial charge in [-0.2, -0.15) is 5.10 Å². The average molecular weight is 420 g/mol. The number of rotatable bonds is 8. The molecule has 0 radical (unpaired) electrons. The number of nitrogens with one attached hydrogen (secondary N) is 1. The van der Waals surface area contributed by atoms with E-state index in [9.17, 15) is 4.79 Å². The van der Waals surface area contributed by atoms with Crippen molar-refractivity contribution in [2.75, 3.05) is 30.7 Å². The van der Waals surface area contributed by atoms with Crippen molar-refractivity contribution in [2.45, 2.75) is 32.2 Å². The summed E-state index contributed by atoms with van der Waals surface area (Å²) in [6, 6.07) is 15.3. The van der Waals surface area contributed by atoms with Crippen LogP contribution >= 0.6 is 0 Å². The molecule has 1 aromatic heterocycles. The summed E-state index contributed by atoms with van der Waals surface area (Å²) < 4.78 is 7.60. The van der Waals surface area contributed by atoms with Gasteiger partial charge < -0.3 is 20.7 Å². The maximum atomic E-state index is 12.3. The molecule has 7 heteroatoms. The number of benzene rings is 2. The maximum Gasteiger partial charge on any atom is 0.255 e. The molecule has 1 saturated heterocycles. The summed E-state index contributed by atoms with van der Waals surface area (Å²) in [4.78, 5) is 14.9. The summed E-state index contributed by atoms with van der Waals surface area (Å²) in [5.74, 6) is 0.647. The van der Waals surface area contributed by atoms with Crippen molar-refractivity contribution in [1.82, 2.24) is 14.7 Å². The van der Waals surface area contributed by atoms with Crippen LogP contribution in [0.2, 0.25) is 0 Å². The highest BCUT2D eigenvalue weighted by Crippen LogP contribution is 2.19. The first-order chi connectivity index (χ1) is 15.1. The van der Waals surface area contributed by atoms with Gasteiger partial charge in [0.1, 0.15) is 5.75 Å². The Bertz CT molecular complexity index is 998. The average Bonchev–Trinajstić information content (AvgIpc) is 3.41. The highest BCUT2D eigenvalue weighted by molar-refractivity contribution is 6.04. The van der Waals surface area contributed by atoms with E-state index in [1.54, 1.807) is 41.3 Å². The molecule has 1 unspecified atom stereocenters. The minimum absolute atomic E-state index is 0.202. The van der Waals surface area contributed by atoms with Gasteiger partial charge in [-0.25, -0.2) is 4.68 Å². The van der Waals surface area contributed by atoms with Crippen LogP contribution in [0.15, 0.2) is 60.9 Å². The first kappa shape index (κ1) is 20.9. The number of carbonyl (C=O) groups excluding carboxylic acids is 1. The van der Waals surface area contributed by atoms with E-state index < -0.39 is 0 Å². The van der Waals surface area contributed by atoms with E-state index in [1.807, 2.05) is 24.3 Å². The lowest BCUT2D eigenvalue weighted by molar-refractivity contribution is 0.102. The number of nitrogens with two attached hydrogens (primary N) is 1. The molecule has 0 spiro atoms. The fraction of sp³-hybridized carbons (Fsp3) is 0.333. The minimum Gasteiger partial charge on any atom is -0.494 e. The van der Waals surface area contributed by atoms with Crippen LogP contribution in [0.4, 0.5) is 11.4 Å². The van der Waals surface area contributed by atoms with Crippen LogP contribution in [-0.4, -0.2) is 46.3 Å². The summed E-state index contributed by atoms with van der Waals surface area (Å²) in [5.41, 5.74) is 8.35. The fourth-order valence-electron chi connectivity index (χ4n) is 3.84. The molecule has 1 aliphatic heterocycles. The number of hydrogen-bond donors (Lipinski definition) is 2. The highest BCUT2D eigenvalue weighted by atomic mass is 16.5. The zero-order chi connectivity index (χ0) is 21.6. The van der Waals surface area contributed by atoms with Gasteiger partial charge in [-0.1, -0.05) is 0 Å². The van der Waals surface area contributed by atoms with Crippen molar-refractivity contribution in [3.8, 4) is 11.4 Å². The molecular weight excluding hydrogens is 390 g/mol. The zero-order valence-corrected chi connectivity index (χ0v) is 17.8. The molecule has 0 bridgehead atoms. The number of aromatic nitrogens is 2. The molecule has 31 heavy (non-hydrogen) atoms. The first-order valence-corrected chi connectivity index (χ1v) is 10.8. The largest absolute Gasteiger partial charge is 0.494 e. The highest BCUT2D eigenvalue weighted by Gasteiger charge is 2.19. The second-order valence-electron chi connectivity index (χ2n) is 7.97. The number of hydrogen-bond acceptors (Lipinski definition) is 5. The van der Waals surface area contributed by atoms with Crippen molar-refractivity contribution in [2.24, 2.45) is 0 Å². The van der Waals surface area contributed by atoms with E-state index in [1.165, 1.54) is 19.4 Å². The predicted molar refractivity (Wildman–Crippen MR) is 123 cm³/mol. The Morgan fingerprint density at radius 2 is 1.97 bits per heavy atom. The second-order valence-corrected chi connectivity index (χ2v) is 7.97. The van der Waals surface area contributed by atoms with Gasteiger partial charge >= 0.3 is 0 Å². The Kier molecular flexibility index (Phi) is 6.52. The molecule has 0 aliphatic carbocycles. The number of anilines is 2. The van der Waals surface area contributed by atoms with Gasteiger partial charge in [0.2, 0.25) is 0 Å². The van der Waals surface area contributed by atoms with Crippen molar-refractivity contribution < 1.29 is 9.53 Å². The lowest BCUT2D eigenvalue weighted by Gasteiger charge is -2.20. The molecule has 0 saturated carbocycles. The van der Waals surface area contributed by atoms with Gasteiger partial charge in [0.05, 0.1) is 30.4 Å². The predicted octanol–water partition coefficient (Wildman–Crippen LogP) is 3.96. The number of amides is 1. The summed E-state index contributed by atoms with van der Waals surface area (Å²) >= 11 is 0. The van der Waals surface area contributed by atoms with Crippen LogP contribution in [0.1, 0.15) is 36.5 Å². The van der Waals surface area contributed by atoms with Crippen molar-refractivity contribution >= 4 is 17.3 Å². The summed E-state index contributed by atoms with van der Waals surface area (Å²) in [6.45, 7) is 5.32. The van der Waals surface area contributed by atoms with Crippen LogP contribution in [0.3, 0.4) is 0 Å². The molecule has 1 amide bonds. The van der Waals surface area contributed by atoms with E-state index in [4.69, 9.17) is 10.5 Å². The van der Waals surface area contributed by atoms with Crippen molar-refractivity contribution in [3.05, 3.63) is 66.5 Å². The molecule has 4 rings (SSSR count). The Labute approximate surface area is 182 Å². The lowest BCUT2D eigenvalue weighted by Crippen LogP contribution is -2.28. The van der Waals surface area contributed by atoms with Gasteiger partial charge in [-0.15, -0.1) is 0 Å². The third kappa shape index (κ3) is 5.44. The van der Waals surface area contributed by atoms with Crippen LogP contribution < -0.4 is 15.8 Å². The number of ether oxygens (including phenoxy) is 1. The third-order valence-corrected chi connectivity index (χ3v) is 5.66. The molecule has 1 atom stereocenters. The van der Waals surface area contributed by atoms with Gasteiger partial charge in [0.25, 0.3) is 5.91 Å². The van der Waals surface area contributed by atoms with E-state index >= 15 is 0 Å². The smallest absolute Gasteiger partial charge is 0.255 e. The monoisotopic (exact) mass is 419 g/mol. The Morgan fingerprint density at radius 1 is 1.19 bits per heavy atom. The standard InChI is InChI=1S/C24H29N5O2/c1-18-4-2-13-28(18)14-3-15-31-23-11-9-22(10-12-23)29-17-21(16-26-29)27-24(30)19-5-7-20(25)8-6-19/h5-12,16-18H,2-4,13-15,25H2,1H3,(H,27,30). The first-order valence-electron chi connectivity index (χ1n) is 10.8. The van der Waals surface area contributed by atoms with Crippen LogP contribution in [0.5, 0.6) is 5.75 Å². The van der Waals surface area contributed by atoms with Gasteiger partial charge in [-0.05, 0) is 81.3 Å². The molecule has 1 aliphatic rings. The van der Waals surface area contributed by atoms with E-state index in [2.05, 4.69) is 22.2 Å². The van der Waals surface area contributed by atoms with E-state index in [-0.39, 0.29) is 5.91 Å². The molecule has 1 fully saturated rings. The summed E-state index contributed by atoms with van der Waals surface area (Å²) in [7, 11) is 0. The zero-order valence-electron chi connectivity index (χ0n) is 17.8. The lowest BCUT2D eigenvalue weighted by atomic mass is 10.2. The Balaban J connectivity index is 1.27. The Morgan fingerprint density at radius 3 is 2.68 bits per heavy atom. The number of nitrogen functional groups attached to an aromatic ring is 1. The van der Waals surface area contributed by atoms with Crippen molar-refractivity contribution in [1.29, 1.82) is 0 Å². The van der Waals surface area contributed by atoms with E-state index in [0.717, 1.165) is 24.4 Å². The fourth-order valence-corrected chi connectivity index (χ4v) is 3.84. The number of nitrogens with zero attached hydrogens (tertiary/aromatic N) is 3. The molecule has 3 N–H and O–H groups in total. The van der Waals surface area contributed by atoms with Crippen LogP contribution in [0, 0.1) is 0 Å². The van der Waals surface area contributed by atoms with Crippen molar-refractivity contribution in [3.63, 3.8) is 0 Å². The molecule has 2 aromatic carbocycles. The molecule has 3 aromatic rings. The van der Waals surface area contributed by atoms with Gasteiger partial charge in [0.15, 0.2) is 0 Å². The normalized spacial score (nSPS) is 16.4. The third-order valence-electron chi connectivity index (χ3n) is 5.66. The quantitative estimate of drug-likeness (QED) is 0.426. The second kappa shape index (κ2) is 9.66. The van der Waals surface area contributed by atoms with Crippen LogP contribution in [0.25, 0.3) is 5.69 Å². The molecule has 7 nitrogen and oxygen atoms in total. The number of carbonyl (C=O) groups is 1. The summed E-state index contributed by atoms with van der Waals surface area (Å²) in [6.07, 6.45) is 7.05. The summed E-state index contributed by atoms with van der Waals surface area (Å²) in [5, 5.41) is 7.19. The van der Waals surface area contributed by atoms with Gasteiger partial charge in [-0.3, -0.25) is 4.79 Å². The SMILES string of the molecule is CC1CCCN1CCCOc1ccc(-n2cc(NC(=O)c3ccc(N)cc3)cn2)cc1. The minimum atomic E-state index is -0.202. The maximum absolute atomic E-state index is 12.3. The Hall–Kier alpha value is -3.32. The van der Waals surface area contributed by atoms with Crippen LogP contribution in [-0.2, 0) is 0 Å². The molecule has 2 heterocycles. The topological polar surface area (TPSA) is 85.4 Å². The number of likely N-dealkylation sites (tertiary alicyclic amines) is 1. The molecule has 162 valence electrons. The molecular formula is C24H29N5O2. The van der Waals surface area contributed by atoms with E-state index in [0.29, 0.717) is 29.6 Å².